The van der Waals surface area contributed by atoms with Gasteiger partial charge < -0.3 is 4.74 Å². The molecule has 1 fully saturated rings. The van der Waals surface area contributed by atoms with Crippen LogP contribution in [0.1, 0.15) is 49.9 Å². The van der Waals surface area contributed by atoms with Crippen LogP contribution in [-0.2, 0) is 0 Å². The van der Waals surface area contributed by atoms with Crippen LogP contribution >= 0.6 is 0 Å². The van der Waals surface area contributed by atoms with Gasteiger partial charge in [-0.15, -0.1) is 0 Å². The number of piperidine rings is 1. The second-order valence-corrected chi connectivity index (χ2v) is 6.04. The molecule has 0 amide bonds. The first-order valence-electron chi connectivity index (χ1n) is 8.08. The summed E-state index contributed by atoms with van der Waals surface area (Å²) >= 11 is 0. The number of ether oxygens (including phenoxy) is 1. The molecular formula is C18H27NO2. The normalized spacial score (nSPS) is 18.4. The zero-order valence-electron chi connectivity index (χ0n) is 13.5. The van der Waals surface area contributed by atoms with Crippen LogP contribution in [0.2, 0.25) is 0 Å². The van der Waals surface area contributed by atoms with Crippen molar-refractivity contribution in [1.29, 1.82) is 0 Å². The summed E-state index contributed by atoms with van der Waals surface area (Å²) in [6, 6.07) is 7.41. The number of carbonyl (C=O) groups is 1. The van der Waals surface area contributed by atoms with E-state index in [2.05, 4.69) is 11.8 Å². The lowest BCUT2D eigenvalue weighted by atomic mass is 9.91. The smallest absolute Gasteiger partial charge is 0.179 e. The zero-order valence-corrected chi connectivity index (χ0v) is 13.5. The third-order valence-corrected chi connectivity index (χ3v) is 4.65. The molecule has 0 N–H and O–H groups in total. The number of hydrogen-bond donors (Lipinski definition) is 0. The molecule has 1 aromatic carbocycles. The van der Waals surface area contributed by atoms with Gasteiger partial charge in [0.05, 0.1) is 13.2 Å². The van der Waals surface area contributed by atoms with Crippen LogP contribution in [0, 0.1) is 5.92 Å². The van der Waals surface area contributed by atoms with Gasteiger partial charge in [0.1, 0.15) is 5.75 Å². The van der Waals surface area contributed by atoms with Crippen LogP contribution in [0.4, 0.5) is 0 Å². The van der Waals surface area contributed by atoms with E-state index in [4.69, 9.17) is 4.74 Å². The highest BCUT2D eigenvalue weighted by molar-refractivity contribution is 5.99. The fourth-order valence-corrected chi connectivity index (χ4v) is 3.20. The number of hydrogen-bond acceptors (Lipinski definition) is 3. The van der Waals surface area contributed by atoms with Crippen LogP contribution in [-0.4, -0.2) is 36.9 Å². The molecule has 0 bridgehead atoms. The van der Waals surface area contributed by atoms with Crippen molar-refractivity contribution in [1.82, 2.24) is 4.90 Å². The van der Waals surface area contributed by atoms with Crippen molar-refractivity contribution in [3.05, 3.63) is 29.8 Å². The van der Waals surface area contributed by atoms with Crippen molar-refractivity contribution in [2.75, 3.05) is 20.2 Å². The average Bonchev–Trinajstić information content (AvgIpc) is 2.54. The number of Topliss-reactive ketones (excluding diaryl/α,β-unsaturated/α-hetero) is 1. The molecule has 1 aliphatic rings. The lowest BCUT2D eigenvalue weighted by Gasteiger charge is -2.35. The van der Waals surface area contributed by atoms with Gasteiger partial charge in [0.25, 0.3) is 0 Å². The summed E-state index contributed by atoms with van der Waals surface area (Å²) < 4.78 is 5.14. The van der Waals surface area contributed by atoms with Gasteiger partial charge in [-0.3, -0.25) is 9.69 Å². The quantitative estimate of drug-likeness (QED) is 0.746. The summed E-state index contributed by atoms with van der Waals surface area (Å²) in [5.74, 6) is 1.86. The Morgan fingerprint density at radius 2 is 1.90 bits per heavy atom. The predicted molar refractivity (Wildman–Crippen MR) is 86.0 cm³/mol. The Bertz CT molecular complexity index is 447. The molecule has 3 heteroatoms. The van der Waals surface area contributed by atoms with Crippen molar-refractivity contribution < 1.29 is 9.53 Å². The van der Waals surface area contributed by atoms with E-state index < -0.39 is 0 Å². The summed E-state index contributed by atoms with van der Waals surface area (Å²) in [5.41, 5.74) is 0.777. The van der Waals surface area contributed by atoms with E-state index in [1.807, 2.05) is 31.2 Å². The maximum absolute atomic E-state index is 12.6. The monoisotopic (exact) mass is 289 g/mol. The molecule has 0 aliphatic carbocycles. The molecule has 1 unspecified atom stereocenters. The number of carbonyl (C=O) groups excluding carboxylic acids is 1. The molecule has 21 heavy (non-hydrogen) atoms. The van der Waals surface area contributed by atoms with Gasteiger partial charge in [-0.25, -0.2) is 0 Å². The molecule has 0 saturated carbocycles. The first kappa shape index (κ1) is 16.0. The Hall–Kier alpha value is -1.35. The van der Waals surface area contributed by atoms with Gasteiger partial charge in [0.2, 0.25) is 0 Å². The number of likely N-dealkylation sites (tertiary alicyclic amines) is 1. The van der Waals surface area contributed by atoms with Gasteiger partial charge in [-0.05, 0) is 63.0 Å². The zero-order chi connectivity index (χ0) is 15.2. The Morgan fingerprint density at radius 3 is 2.43 bits per heavy atom. The molecular weight excluding hydrogens is 262 g/mol. The van der Waals surface area contributed by atoms with Crippen molar-refractivity contribution in [3.8, 4) is 5.75 Å². The first-order valence-corrected chi connectivity index (χ1v) is 8.08. The summed E-state index contributed by atoms with van der Waals surface area (Å²) in [7, 11) is 1.64. The number of nitrogens with zero attached hydrogens (tertiary/aromatic N) is 1. The van der Waals surface area contributed by atoms with E-state index in [9.17, 15) is 4.79 Å². The first-order chi connectivity index (χ1) is 10.2. The molecule has 116 valence electrons. The molecule has 1 saturated heterocycles. The maximum atomic E-state index is 12.6. The van der Waals surface area contributed by atoms with Crippen LogP contribution < -0.4 is 4.74 Å². The molecule has 1 aromatic rings. The lowest BCUT2D eigenvalue weighted by Crippen LogP contribution is -2.44. The predicted octanol–water partition coefficient (Wildman–Crippen LogP) is 3.78. The van der Waals surface area contributed by atoms with E-state index in [1.54, 1.807) is 7.11 Å². The molecule has 1 atom stereocenters. The number of ketones is 1. The van der Waals surface area contributed by atoms with E-state index in [0.29, 0.717) is 0 Å². The van der Waals surface area contributed by atoms with Crippen LogP contribution in [0.5, 0.6) is 5.75 Å². The van der Waals surface area contributed by atoms with E-state index in [0.717, 1.165) is 30.3 Å². The van der Waals surface area contributed by atoms with Gasteiger partial charge in [-0.1, -0.05) is 19.8 Å². The minimum absolute atomic E-state index is 0.0269. The lowest BCUT2D eigenvalue weighted by molar-refractivity contribution is 0.0766. The van der Waals surface area contributed by atoms with Crippen molar-refractivity contribution in [2.45, 2.75) is 45.6 Å². The maximum Gasteiger partial charge on any atom is 0.179 e. The second kappa shape index (κ2) is 7.60. The fraction of sp³-hybridized carbons (Fsp3) is 0.611. The third kappa shape index (κ3) is 4.07. The highest BCUT2D eigenvalue weighted by Gasteiger charge is 2.26. The van der Waals surface area contributed by atoms with Gasteiger partial charge in [0, 0.05) is 5.56 Å². The van der Waals surface area contributed by atoms with Gasteiger partial charge >= 0.3 is 0 Å². The topological polar surface area (TPSA) is 29.5 Å². The largest absolute Gasteiger partial charge is 0.497 e. The SMILES string of the molecule is CCCC1CCN(C(C)C(=O)c2ccc(OC)cc2)CC1. The average molecular weight is 289 g/mol. The van der Waals surface area contributed by atoms with Gasteiger partial charge in [-0.2, -0.15) is 0 Å². The fourth-order valence-electron chi connectivity index (χ4n) is 3.20. The van der Waals surface area contributed by atoms with Crippen molar-refractivity contribution in [2.24, 2.45) is 5.92 Å². The summed E-state index contributed by atoms with van der Waals surface area (Å²) in [4.78, 5) is 14.9. The summed E-state index contributed by atoms with van der Waals surface area (Å²) in [6.07, 6.45) is 5.06. The van der Waals surface area contributed by atoms with E-state index in [-0.39, 0.29) is 11.8 Å². The number of methoxy groups -OCH3 is 1. The third-order valence-electron chi connectivity index (χ3n) is 4.65. The number of benzene rings is 1. The Morgan fingerprint density at radius 1 is 1.29 bits per heavy atom. The molecule has 3 nitrogen and oxygen atoms in total. The molecule has 0 radical (unpaired) electrons. The minimum Gasteiger partial charge on any atom is -0.497 e. The Labute approximate surface area is 128 Å². The van der Waals surface area contributed by atoms with Crippen molar-refractivity contribution in [3.63, 3.8) is 0 Å². The van der Waals surface area contributed by atoms with Crippen molar-refractivity contribution >= 4 is 5.78 Å². The van der Waals surface area contributed by atoms with Gasteiger partial charge in [0.15, 0.2) is 5.78 Å². The minimum atomic E-state index is -0.0269. The van der Waals surface area contributed by atoms with Crippen LogP contribution in [0.25, 0.3) is 0 Å². The summed E-state index contributed by atoms with van der Waals surface area (Å²) in [5, 5.41) is 0. The highest BCUT2D eigenvalue weighted by atomic mass is 16.5. The molecule has 1 aliphatic heterocycles. The second-order valence-electron chi connectivity index (χ2n) is 6.04. The molecule has 2 rings (SSSR count). The molecule has 0 aromatic heterocycles. The Balaban J connectivity index is 1.93. The molecule has 1 heterocycles. The standard InChI is InChI=1S/C18H27NO2/c1-4-5-15-10-12-19(13-11-15)14(2)18(20)16-6-8-17(21-3)9-7-16/h6-9,14-15H,4-5,10-13H2,1-3H3. The Kier molecular flexibility index (Phi) is 5.80. The van der Waals surface area contributed by atoms with E-state index in [1.165, 1.54) is 25.7 Å². The summed E-state index contributed by atoms with van der Waals surface area (Å²) in [6.45, 7) is 6.39. The molecule has 0 spiro atoms. The highest BCUT2D eigenvalue weighted by Crippen LogP contribution is 2.24. The van der Waals surface area contributed by atoms with Crippen LogP contribution in [0.3, 0.4) is 0 Å². The van der Waals surface area contributed by atoms with Crippen LogP contribution in [0.15, 0.2) is 24.3 Å². The number of rotatable bonds is 6. The van der Waals surface area contributed by atoms with E-state index >= 15 is 0 Å².